The maximum atomic E-state index is 10.2. The van der Waals surface area contributed by atoms with Gasteiger partial charge in [-0.3, -0.25) is 4.98 Å². The van der Waals surface area contributed by atoms with Crippen molar-refractivity contribution in [1.29, 1.82) is 0 Å². The summed E-state index contributed by atoms with van der Waals surface area (Å²) in [6.45, 7) is 4.78. The second-order valence-corrected chi connectivity index (χ2v) is 8.33. The zero-order valence-electron chi connectivity index (χ0n) is 20.6. The van der Waals surface area contributed by atoms with Gasteiger partial charge in [0.1, 0.15) is 5.75 Å². The lowest BCUT2D eigenvalue weighted by Crippen LogP contribution is -2.03. The molecule has 36 heavy (non-hydrogen) atoms. The molecule has 5 rings (SSSR count). The molecule has 0 saturated heterocycles. The summed E-state index contributed by atoms with van der Waals surface area (Å²) in [6, 6.07) is 17.9. The molecule has 0 aliphatic carbocycles. The van der Waals surface area contributed by atoms with Crippen LogP contribution >= 0.6 is 0 Å². The van der Waals surface area contributed by atoms with E-state index in [2.05, 4.69) is 16.0 Å². The van der Waals surface area contributed by atoms with E-state index in [1.807, 2.05) is 74.0 Å². The van der Waals surface area contributed by atoms with Crippen molar-refractivity contribution in [1.82, 2.24) is 19.5 Å². The zero-order valence-corrected chi connectivity index (χ0v) is 20.6. The third-order valence-corrected chi connectivity index (χ3v) is 6.09. The Kier molecular flexibility index (Phi) is 6.64. The van der Waals surface area contributed by atoms with E-state index in [0.29, 0.717) is 19.1 Å². The normalized spacial score (nSPS) is 11.1. The van der Waals surface area contributed by atoms with E-state index in [1.165, 1.54) is 0 Å². The van der Waals surface area contributed by atoms with E-state index < -0.39 is 0 Å². The molecule has 5 aromatic rings. The minimum atomic E-state index is -0.115. The van der Waals surface area contributed by atoms with Crippen LogP contribution in [0, 0.1) is 0 Å². The molecule has 7 nitrogen and oxygen atoms in total. The molecule has 0 fully saturated rings. The molecule has 3 aromatic heterocycles. The van der Waals surface area contributed by atoms with Crippen molar-refractivity contribution in [3.63, 3.8) is 0 Å². The first kappa shape index (κ1) is 23.5. The highest BCUT2D eigenvalue weighted by atomic mass is 16.5. The summed E-state index contributed by atoms with van der Waals surface area (Å²) in [7, 11) is 1.93. The largest absolute Gasteiger partial charge is 0.492 e. The van der Waals surface area contributed by atoms with Gasteiger partial charge in [0.15, 0.2) is 0 Å². The van der Waals surface area contributed by atoms with Crippen LogP contribution in [0.25, 0.3) is 44.5 Å². The predicted octanol–water partition coefficient (Wildman–Crippen LogP) is 5.65. The molecule has 3 heterocycles. The smallest absolute Gasteiger partial charge is 0.225 e. The highest BCUT2D eigenvalue weighted by molar-refractivity contribution is 5.98. The first-order valence-corrected chi connectivity index (χ1v) is 12.0. The number of ether oxygens (including phenoxy) is 2. The molecule has 0 aliphatic heterocycles. The van der Waals surface area contributed by atoms with Crippen molar-refractivity contribution >= 4 is 10.9 Å². The molecule has 0 amide bonds. The van der Waals surface area contributed by atoms with E-state index in [0.717, 1.165) is 55.9 Å². The number of benzene rings is 2. The van der Waals surface area contributed by atoms with Gasteiger partial charge in [-0.05, 0) is 48.7 Å². The number of fused-ring (bicyclic) bond motifs is 1. The first-order chi connectivity index (χ1) is 17.7. The Hall–Kier alpha value is -4.23. The van der Waals surface area contributed by atoms with Crippen LogP contribution in [0.5, 0.6) is 11.6 Å². The summed E-state index contributed by atoms with van der Waals surface area (Å²) >= 11 is 0. The molecule has 182 valence electrons. The number of hydrogen-bond donors (Lipinski definition) is 1. The molecule has 1 N–H and O–H groups in total. The van der Waals surface area contributed by atoms with Crippen LogP contribution in [0.2, 0.25) is 0 Å². The number of hydrogen-bond acceptors (Lipinski definition) is 6. The molecular weight excluding hydrogens is 452 g/mol. The summed E-state index contributed by atoms with van der Waals surface area (Å²) in [4.78, 5) is 13.8. The molecule has 0 spiro atoms. The topological polar surface area (TPSA) is 82.3 Å². The van der Waals surface area contributed by atoms with Crippen molar-refractivity contribution in [3.05, 3.63) is 78.9 Å². The summed E-state index contributed by atoms with van der Waals surface area (Å²) in [5, 5.41) is 11.1. The SMILES string of the molecule is CCOc1nc2ccc(-c3c(CO)ccnc3-c3cncn3C)cc2c(OCC)c1-c1ccccc1. The quantitative estimate of drug-likeness (QED) is 0.309. The molecule has 0 atom stereocenters. The van der Waals surface area contributed by atoms with Crippen LogP contribution in [0.3, 0.4) is 0 Å². The van der Waals surface area contributed by atoms with Gasteiger partial charge in [0.2, 0.25) is 5.88 Å². The number of pyridine rings is 2. The summed E-state index contributed by atoms with van der Waals surface area (Å²) in [6.07, 6.45) is 5.24. The van der Waals surface area contributed by atoms with Gasteiger partial charge in [-0.1, -0.05) is 36.4 Å². The number of aromatic nitrogens is 4. The van der Waals surface area contributed by atoms with E-state index in [-0.39, 0.29) is 6.61 Å². The maximum absolute atomic E-state index is 10.2. The predicted molar refractivity (Wildman–Crippen MR) is 141 cm³/mol. The lowest BCUT2D eigenvalue weighted by Gasteiger charge is -2.19. The minimum Gasteiger partial charge on any atom is -0.492 e. The summed E-state index contributed by atoms with van der Waals surface area (Å²) < 4.78 is 14.2. The van der Waals surface area contributed by atoms with Crippen molar-refractivity contribution in [2.75, 3.05) is 13.2 Å². The number of rotatable bonds is 8. The fraction of sp³-hybridized carbons (Fsp3) is 0.207. The van der Waals surface area contributed by atoms with Gasteiger partial charge in [0, 0.05) is 24.2 Å². The Balaban J connectivity index is 1.81. The molecule has 0 unspecified atom stereocenters. The Morgan fingerprint density at radius 3 is 2.42 bits per heavy atom. The molecular formula is C29H28N4O3. The van der Waals surface area contributed by atoms with E-state index in [4.69, 9.17) is 14.5 Å². The third-order valence-electron chi connectivity index (χ3n) is 6.09. The number of nitrogens with zero attached hydrogens (tertiary/aromatic N) is 4. The number of aryl methyl sites for hydroxylation is 1. The van der Waals surface area contributed by atoms with Gasteiger partial charge in [-0.15, -0.1) is 0 Å². The number of aliphatic hydroxyl groups is 1. The fourth-order valence-electron chi connectivity index (χ4n) is 4.50. The van der Waals surface area contributed by atoms with Gasteiger partial charge in [0.05, 0.1) is 54.8 Å². The summed E-state index contributed by atoms with van der Waals surface area (Å²) in [5.41, 5.74) is 6.70. The lowest BCUT2D eigenvalue weighted by molar-refractivity contribution is 0.282. The van der Waals surface area contributed by atoms with Gasteiger partial charge in [-0.25, -0.2) is 9.97 Å². The van der Waals surface area contributed by atoms with Crippen LogP contribution in [0.1, 0.15) is 19.4 Å². The second kappa shape index (κ2) is 10.2. The summed E-state index contributed by atoms with van der Waals surface area (Å²) in [5.74, 6) is 1.26. The fourth-order valence-corrected chi connectivity index (χ4v) is 4.50. The van der Waals surface area contributed by atoms with Crippen molar-refractivity contribution in [3.8, 4) is 45.3 Å². The average molecular weight is 481 g/mol. The van der Waals surface area contributed by atoms with Gasteiger partial charge < -0.3 is 19.1 Å². The Morgan fingerprint density at radius 2 is 1.72 bits per heavy atom. The van der Waals surface area contributed by atoms with E-state index in [9.17, 15) is 5.11 Å². The second-order valence-electron chi connectivity index (χ2n) is 8.33. The lowest BCUT2D eigenvalue weighted by atomic mass is 9.94. The first-order valence-electron chi connectivity index (χ1n) is 12.0. The molecule has 0 saturated carbocycles. The van der Waals surface area contributed by atoms with Crippen molar-refractivity contribution in [2.24, 2.45) is 7.05 Å². The Morgan fingerprint density at radius 1 is 0.917 bits per heavy atom. The van der Waals surface area contributed by atoms with Gasteiger partial charge in [-0.2, -0.15) is 0 Å². The van der Waals surface area contributed by atoms with Gasteiger partial charge in [0.25, 0.3) is 0 Å². The monoisotopic (exact) mass is 480 g/mol. The molecule has 0 radical (unpaired) electrons. The maximum Gasteiger partial charge on any atom is 0.225 e. The van der Waals surface area contributed by atoms with Crippen LogP contribution < -0.4 is 9.47 Å². The molecule has 7 heteroatoms. The average Bonchev–Trinajstić information content (AvgIpc) is 3.34. The standard InChI is InChI=1S/C29H28N4O3/c1-4-35-28-22-15-20(25-21(17-34)13-14-31-27(25)24-16-30-18-33(24)3)11-12-23(22)32-29(36-5-2)26(28)19-9-7-6-8-10-19/h6-16,18,34H,4-5,17H2,1-3H3. The van der Waals surface area contributed by atoms with Crippen molar-refractivity contribution < 1.29 is 14.6 Å². The van der Waals surface area contributed by atoms with Crippen LogP contribution in [0.4, 0.5) is 0 Å². The molecule has 2 aromatic carbocycles. The highest BCUT2D eigenvalue weighted by Gasteiger charge is 2.22. The molecule has 0 bridgehead atoms. The molecule has 0 aliphatic rings. The van der Waals surface area contributed by atoms with Crippen LogP contribution in [-0.2, 0) is 13.7 Å². The minimum absolute atomic E-state index is 0.115. The van der Waals surface area contributed by atoms with Crippen LogP contribution in [-0.4, -0.2) is 37.8 Å². The highest BCUT2D eigenvalue weighted by Crippen LogP contribution is 2.44. The third kappa shape index (κ3) is 4.18. The Labute approximate surface area is 210 Å². The van der Waals surface area contributed by atoms with Crippen molar-refractivity contribution in [2.45, 2.75) is 20.5 Å². The van der Waals surface area contributed by atoms with E-state index >= 15 is 0 Å². The van der Waals surface area contributed by atoms with Gasteiger partial charge >= 0.3 is 0 Å². The number of imidazole rings is 1. The number of aliphatic hydroxyl groups excluding tert-OH is 1. The van der Waals surface area contributed by atoms with Crippen LogP contribution in [0.15, 0.2) is 73.3 Å². The van der Waals surface area contributed by atoms with E-state index in [1.54, 1.807) is 18.7 Å². The Bertz CT molecular complexity index is 1510. The zero-order chi connectivity index (χ0) is 25.1.